The molecule has 0 atom stereocenters. The number of amides is 2. The molecule has 2 amide bonds. The first-order chi connectivity index (χ1) is 10.6. The normalized spacial score (nSPS) is 14.7. The van der Waals surface area contributed by atoms with Crippen molar-refractivity contribution in [2.45, 2.75) is 13.1 Å². The van der Waals surface area contributed by atoms with Crippen LogP contribution in [0, 0.1) is 0 Å². The van der Waals surface area contributed by atoms with Crippen LogP contribution in [-0.2, 0) is 13.1 Å². The minimum atomic E-state index is 0.0276. The molecule has 0 unspecified atom stereocenters. The molecule has 1 heterocycles. The molecule has 5 heteroatoms. The number of benzene rings is 2. The molecule has 1 saturated heterocycles. The Labute approximate surface area is 140 Å². The highest BCUT2D eigenvalue weighted by molar-refractivity contribution is 6.36. The van der Waals surface area contributed by atoms with E-state index in [-0.39, 0.29) is 6.03 Å². The van der Waals surface area contributed by atoms with E-state index in [0.717, 1.165) is 17.7 Å². The Balaban J connectivity index is 1.69. The third-order valence-electron chi connectivity index (χ3n) is 3.81. The van der Waals surface area contributed by atoms with Gasteiger partial charge in [0.05, 0.1) is 6.54 Å². The summed E-state index contributed by atoms with van der Waals surface area (Å²) in [6, 6.07) is 15.4. The number of carbonyl (C=O) groups excluding carboxylic acids is 1. The van der Waals surface area contributed by atoms with Crippen LogP contribution in [0.2, 0.25) is 10.0 Å². The van der Waals surface area contributed by atoms with Crippen molar-refractivity contribution in [3.8, 4) is 0 Å². The summed E-state index contributed by atoms with van der Waals surface area (Å²) in [5.74, 6) is 0. The average molecular weight is 335 g/mol. The molecule has 3 nitrogen and oxygen atoms in total. The summed E-state index contributed by atoms with van der Waals surface area (Å²) in [6.07, 6.45) is 0. The number of urea groups is 1. The highest BCUT2D eigenvalue weighted by atomic mass is 35.5. The molecule has 114 valence electrons. The summed E-state index contributed by atoms with van der Waals surface area (Å²) >= 11 is 12.4. The van der Waals surface area contributed by atoms with Gasteiger partial charge in [0, 0.05) is 35.2 Å². The van der Waals surface area contributed by atoms with Gasteiger partial charge >= 0.3 is 6.03 Å². The maximum absolute atomic E-state index is 12.5. The van der Waals surface area contributed by atoms with Gasteiger partial charge in [-0.05, 0) is 17.7 Å². The average Bonchev–Trinajstić information content (AvgIpc) is 2.85. The van der Waals surface area contributed by atoms with E-state index >= 15 is 0 Å². The van der Waals surface area contributed by atoms with Crippen LogP contribution in [0.4, 0.5) is 4.79 Å². The van der Waals surface area contributed by atoms with Gasteiger partial charge < -0.3 is 9.80 Å². The van der Waals surface area contributed by atoms with Gasteiger partial charge in [0.1, 0.15) is 0 Å². The van der Waals surface area contributed by atoms with Gasteiger partial charge in [-0.2, -0.15) is 0 Å². The van der Waals surface area contributed by atoms with Crippen molar-refractivity contribution in [1.29, 1.82) is 0 Å². The fourth-order valence-corrected chi connectivity index (χ4v) is 3.12. The summed E-state index contributed by atoms with van der Waals surface area (Å²) in [4.78, 5) is 16.1. The lowest BCUT2D eigenvalue weighted by Crippen LogP contribution is -2.31. The van der Waals surface area contributed by atoms with E-state index in [2.05, 4.69) is 0 Å². The van der Waals surface area contributed by atoms with Gasteiger partial charge in [0.15, 0.2) is 0 Å². The Hall–Kier alpha value is -1.71. The smallest absolute Gasteiger partial charge is 0.319 e. The van der Waals surface area contributed by atoms with E-state index in [0.29, 0.717) is 29.7 Å². The maximum Gasteiger partial charge on any atom is 0.320 e. The van der Waals surface area contributed by atoms with Crippen LogP contribution < -0.4 is 0 Å². The minimum absolute atomic E-state index is 0.0276. The van der Waals surface area contributed by atoms with Gasteiger partial charge in [-0.25, -0.2) is 4.79 Å². The fourth-order valence-electron chi connectivity index (χ4n) is 2.60. The molecular weight excluding hydrogens is 319 g/mol. The number of halogens is 2. The first-order valence-electron chi connectivity index (χ1n) is 7.16. The lowest BCUT2D eigenvalue weighted by Gasteiger charge is -2.19. The molecule has 22 heavy (non-hydrogen) atoms. The van der Waals surface area contributed by atoms with Crippen molar-refractivity contribution in [1.82, 2.24) is 9.80 Å². The molecular formula is C17H16Cl2N2O. The number of nitrogens with zero attached hydrogens (tertiary/aromatic N) is 2. The Bertz CT molecular complexity index is 655. The van der Waals surface area contributed by atoms with E-state index in [9.17, 15) is 4.79 Å². The summed E-state index contributed by atoms with van der Waals surface area (Å²) < 4.78 is 0. The molecule has 1 aliphatic rings. The molecule has 0 N–H and O–H groups in total. The first-order valence-corrected chi connectivity index (χ1v) is 7.91. The number of hydrogen-bond donors (Lipinski definition) is 0. The van der Waals surface area contributed by atoms with Crippen molar-refractivity contribution in [3.05, 3.63) is 69.7 Å². The monoisotopic (exact) mass is 334 g/mol. The second-order valence-corrected chi connectivity index (χ2v) is 6.13. The molecule has 0 aliphatic carbocycles. The van der Waals surface area contributed by atoms with Crippen LogP contribution in [0.1, 0.15) is 11.1 Å². The minimum Gasteiger partial charge on any atom is -0.319 e. The van der Waals surface area contributed by atoms with Crippen LogP contribution in [0.3, 0.4) is 0 Å². The van der Waals surface area contributed by atoms with E-state index < -0.39 is 0 Å². The molecule has 0 bridgehead atoms. The zero-order valence-electron chi connectivity index (χ0n) is 12.0. The standard InChI is InChI=1S/C17H16Cl2N2O/c18-15-7-4-8-16(19)14(15)12-21-10-9-20(17(21)22)11-13-5-2-1-3-6-13/h1-8H,9-12H2. The molecule has 2 aromatic carbocycles. The second-order valence-electron chi connectivity index (χ2n) is 5.31. The van der Waals surface area contributed by atoms with Crippen molar-refractivity contribution in [2.24, 2.45) is 0 Å². The van der Waals surface area contributed by atoms with Crippen LogP contribution in [0.15, 0.2) is 48.5 Å². The molecule has 0 spiro atoms. The zero-order chi connectivity index (χ0) is 15.5. The van der Waals surface area contributed by atoms with Gasteiger partial charge in [0.2, 0.25) is 0 Å². The van der Waals surface area contributed by atoms with E-state index in [1.807, 2.05) is 41.3 Å². The lowest BCUT2D eigenvalue weighted by molar-refractivity contribution is 0.189. The second kappa shape index (κ2) is 6.59. The Kier molecular flexibility index (Phi) is 4.55. The summed E-state index contributed by atoms with van der Waals surface area (Å²) in [6.45, 7) is 2.48. The van der Waals surface area contributed by atoms with Gasteiger partial charge in [-0.3, -0.25) is 0 Å². The quantitative estimate of drug-likeness (QED) is 0.811. The maximum atomic E-state index is 12.5. The van der Waals surface area contributed by atoms with Crippen molar-refractivity contribution in [2.75, 3.05) is 13.1 Å². The highest BCUT2D eigenvalue weighted by Gasteiger charge is 2.29. The predicted molar refractivity (Wildman–Crippen MR) is 89.1 cm³/mol. The number of rotatable bonds is 4. The Morgan fingerprint density at radius 1 is 0.818 bits per heavy atom. The molecule has 0 saturated carbocycles. The number of carbonyl (C=O) groups is 1. The molecule has 1 fully saturated rings. The fraction of sp³-hybridized carbons (Fsp3) is 0.235. The van der Waals surface area contributed by atoms with Crippen molar-refractivity contribution >= 4 is 29.2 Å². The van der Waals surface area contributed by atoms with Crippen LogP contribution in [0.5, 0.6) is 0 Å². The third-order valence-corrected chi connectivity index (χ3v) is 4.52. The third kappa shape index (κ3) is 3.21. The molecule has 3 rings (SSSR count). The Morgan fingerprint density at radius 3 is 2.05 bits per heavy atom. The van der Waals surface area contributed by atoms with E-state index in [1.165, 1.54) is 0 Å². The van der Waals surface area contributed by atoms with Gasteiger partial charge in [-0.15, -0.1) is 0 Å². The van der Waals surface area contributed by atoms with Crippen molar-refractivity contribution < 1.29 is 4.79 Å². The zero-order valence-corrected chi connectivity index (χ0v) is 13.5. The van der Waals surface area contributed by atoms with E-state index in [1.54, 1.807) is 17.0 Å². The largest absolute Gasteiger partial charge is 0.320 e. The lowest BCUT2D eigenvalue weighted by atomic mass is 10.2. The predicted octanol–water partition coefficient (Wildman–Crippen LogP) is 4.43. The molecule has 2 aromatic rings. The first kappa shape index (κ1) is 15.2. The molecule has 1 aliphatic heterocycles. The molecule has 0 radical (unpaired) electrons. The van der Waals surface area contributed by atoms with E-state index in [4.69, 9.17) is 23.2 Å². The topological polar surface area (TPSA) is 23.6 Å². The highest BCUT2D eigenvalue weighted by Crippen LogP contribution is 2.27. The van der Waals surface area contributed by atoms with Crippen LogP contribution in [-0.4, -0.2) is 28.9 Å². The Morgan fingerprint density at radius 2 is 1.41 bits per heavy atom. The van der Waals surface area contributed by atoms with Crippen LogP contribution >= 0.6 is 23.2 Å². The summed E-state index contributed by atoms with van der Waals surface area (Å²) in [7, 11) is 0. The van der Waals surface area contributed by atoms with Crippen LogP contribution in [0.25, 0.3) is 0 Å². The van der Waals surface area contributed by atoms with Crippen molar-refractivity contribution in [3.63, 3.8) is 0 Å². The number of hydrogen-bond acceptors (Lipinski definition) is 1. The van der Waals surface area contributed by atoms with Gasteiger partial charge in [0.25, 0.3) is 0 Å². The van der Waals surface area contributed by atoms with Gasteiger partial charge in [-0.1, -0.05) is 59.6 Å². The SMILES string of the molecule is O=C1N(Cc2ccccc2)CCN1Cc1c(Cl)cccc1Cl. The molecule has 0 aromatic heterocycles. The summed E-state index contributed by atoms with van der Waals surface area (Å²) in [5.41, 5.74) is 1.94. The summed E-state index contributed by atoms with van der Waals surface area (Å²) in [5, 5.41) is 1.20.